The molecule has 7 nitrogen and oxygen atoms in total. The van der Waals surface area contributed by atoms with E-state index in [4.69, 9.17) is 20.9 Å². The van der Waals surface area contributed by atoms with Gasteiger partial charge in [-0.1, -0.05) is 71.7 Å². The maximum Gasteiger partial charge on any atom is 0.552 e. The monoisotopic (exact) mass is 520 g/mol. The highest BCUT2D eigenvalue weighted by atomic mass is 79.9. The number of rotatable bonds is 8. The Labute approximate surface area is 200 Å². The lowest BCUT2D eigenvalue weighted by Gasteiger charge is -2.21. The molecule has 1 aliphatic rings. The van der Waals surface area contributed by atoms with Crippen LogP contribution in [-0.4, -0.2) is 37.4 Å². The van der Waals surface area contributed by atoms with Crippen molar-refractivity contribution < 1.29 is 23.7 Å². The predicted molar refractivity (Wildman–Crippen MR) is 125 cm³/mol. The number of amides is 2. The lowest BCUT2D eigenvalue weighted by molar-refractivity contribution is -0.136. The average molecular weight is 522 g/mol. The van der Waals surface area contributed by atoms with Gasteiger partial charge in [0.1, 0.15) is 0 Å². The summed E-state index contributed by atoms with van der Waals surface area (Å²) in [6.07, 6.45) is -0.317. The van der Waals surface area contributed by atoms with Crippen molar-refractivity contribution in [3.05, 3.63) is 69.2 Å². The molecule has 0 spiro atoms. The van der Waals surface area contributed by atoms with E-state index in [0.29, 0.717) is 16.5 Å². The highest BCUT2D eigenvalue weighted by molar-refractivity contribution is 9.10. The molecule has 0 unspecified atom stereocenters. The van der Waals surface area contributed by atoms with Crippen LogP contribution < -0.4 is 10.6 Å². The summed E-state index contributed by atoms with van der Waals surface area (Å²) in [6, 6.07) is 13.9. The Morgan fingerprint density at radius 3 is 2.59 bits per heavy atom. The van der Waals surface area contributed by atoms with Gasteiger partial charge < -0.3 is 19.9 Å². The molecule has 0 bridgehead atoms. The number of carbonyl (C=O) groups is 3. The molecule has 0 radical (unpaired) electrons. The topological polar surface area (TPSA) is 93.7 Å². The smallest absolute Gasteiger partial charge is 0.506 e. The fraction of sp³-hybridized carbons (Fsp3) is 0.318. The zero-order valence-corrected chi connectivity index (χ0v) is 20.0. The van der Waals surface area contributed by atoms with Crippen LogP contribution in [0.25, 0.3) is 0 Å². The summed E-state index contributed by atoms with van der Waals surface area (Å²) in [4.78, 5) is 37.3. The van der Waals surface area contributed by atoms with E-state index in [0.717, 1.165) is 0 Å². The first kappa shape index (κ1) is 24.3. The lowest BCUT2D eigenvalue weighted by Crippen LogP contribution is -2.50. The van der Waals surface area contributed by atoms with Crippen LogP contribution in [0.4, 0.5) is 0 Å². The van der Waals surface area contributed by atoms with Crippen LogP contribution in [0.5, 0.6) is 0 Å². The number of hydrogen-bond donors (Lipinski definition) is 2. The molecule has 1 heterocycles. The van der Waals surface area contributed by atoms with E-state index in [-0.39, 0.29) is 23.0 Å². The van der Waals surface area contributed by atoms with Crippen molar-refractivity contribution in [2.45, 2.75) is 32.3 Å². The van der Waals surface area contributed by atoms with Crippen molar-refractivity contribution in [3.63, 3.8) is 0 Å². The van der Waals surface area contributed by atoms with E-state index < -0.39 is 36.9 Å². The third-order valence-electron chi connectivity index (χ3n) is 4.80. The van der Waals surface area contributed by atoms with Crippen LogP contribution in [0.3, 0.4) is 0 Å². The maximum atomic E-state index is 12.5. The standard InChI is InChI=1S/C22H23BBrClN2O5/c1-13(2)10-18(23-31-20(22(30)32-23)14-6-4-3-5-7-14)27-19(28)12-26-21(29)16-11-15(24)8-9-17(16)25/h3-9,11,13,18,20H,10,12H2,1-2H3,(H,26,29)(H,27,28)/t18-,20-/m0/s1. The van der Waals surface area contributed by atoms with Crippen molar-refractivity contribution >= 4 is 52.4 Å². The molecule has 1 fully saturated rings. The second kappa shape index (κ2) is 11.0. The van der Waals surface area contributed by atoms with Crippen molar-refractivity contribution in [1.29, 1.82) is 0 Å². The molecule has 0 aromatic heterocycles. The highest BCUT2D eigenvalue weighted by Gasteiger charge is 2.46. The normalized spacial score (nSPS) is 16.6. The van der Waals surface area contributed by atoms with Gasteiger partial charge >= 0.3 is 13.1 Å². The third-order valence-corrected chi connectivity index (χ3v) is 5.62. The van der Waals surface area contributed by atoms with Crippen LogP contribution in [0.1, 0.15) is 42.3 Å². The van der Waals surface area contributed by atoms with E-state index in [1.54, 1.807) is 30.3 Å². The van der Waals surface area contributed by atoms with Gasteiger partial charge in [0.05, 0.1) is 23.1 Å². The number of nitrogens with one attached hydrogen (secondary N) is 2. The second-order valence-corrected chi connectivity index (χ2v) is 9.17. The Bertz CT molecular complexity index is 992. The van der Waals surface area contributed by atoms with E-state index in [2.05, 4.69) is 26.6 Å². The largest absolute Gasteiger partial charge is 0.552 e. The molecule has 2 amide bonds. The molecule has 1 saturated heterocycles. The summed E-state index contributed by atoms with van der Waals surface area (Å²) in [5.74, 6) is -1.76. The molecule has 3 rings (SSSR count). The molecule has 0 aliphatic carbocycles. The van der Waals surface area contributed by atoms with Gasteiger partial charge in [-0.05, 0) is 36.1 Å². The fourth-order valence-corrected chi connectivity index (χ4v) is 3.91. The minimum atomic E-state index is -0.922. The molecule has 0 saturated carbocycles. The highest BCUT2D eigenvalue weighted by Crippen LogP contribution is 2.28. The van der Waals surface area contributed by atoms with Gasteiger partial charge in [-0.25, -0.2) is 0 Å². The predicted octanol–water partition coefficient (Wildman–Crippen LogP) is 3.71. The van der Waals surface area contributed by atoms with Crippen LogP contribution in [-0.2, 0) is 18.9 Å². The molecular formula is C22H23BBrClN2O5. The maximum absolute atomic E-state index is 12.5. The Kier molecular flexibility index (Phi) is 8.34. The van der Waals surface area contributed by atoms with Crippen LogP contribution >= 0.6 is 27.5 Å². The van der Waals surface area contributed by atoms with Gasteiger partial charge in [0.15, 0.2) is 6.10 Å². The molecule has 2 aromatic carbocycles. The Morgan fingerprint density at radius 1 is 1.19 bits per heavy atom. The van der Waals surface area contributed by atoms with E-state index in [1.165, 1.54) is 0 Å². The molecule has 1 aliphatic heterocycles. The zero-order valence-electron chi connectivity index (χ0n) is 17.6. The van der Waals surface area contributed by atoms with Crippen molar-refractivity contribution in [2.75, 3.05) is 6.54 Å². The summed E-state index contributed by atoms with van der Waals surface area (Å²) in [7, 11) is -0.922. The van der Waals surface area contributed by atoms with Gasteiger partial charge in [-0.15, -0.1) is 0 Å². The first-order valence-electron chi connectivity index (χ1n) is 10.2. The molecule has 10 heteroatoms. The summed E-state index contributed by atoms with van der Waals surface area (Å²) >= 11 is 9.36. The average Bonchev–Trinajstić information content (AvgIpc) is 3.15. The molecule has 2 N–H and O–H groups in total. The Morgan fingerprint density at radius 2 is 1.91 bits per heavy atom. The molecule has 2 atom stereocenters. The fourth-order valence-electron chi connectivity index (χ4n) is 3.34. The zero-order chi connectivity index (χ0) is 23.3. The van der Waals surface area contributed by atoms with Gasteiger partial charge in [-0.2, -0.15) is 0 Å². The molecule has 2 aromatic rings. The number of hydrogen-bond acceptors (Lipinski definition) is 5. The summed E-state index contributed by atoms with van der Waals surface area (Å²) in [6.45, 7) is 3.71. The summed E-state index contributed by atoms with van der Waals surface area (Å²) in [5.41, 5.74) is 0.944. The Hall–Kier alpha value is -2.36. The van der Waals surface area contributed by atoms with Gasteiger partial charge in [0.2, 0.25) is 5.91 Å². The van der Waals surface area contributed by atoms with E-state index in [9.17, 15) is 14.4 Å². The lowest BCUT2D eigenvalue weighted by atomic mass is 9.74. The molecule has 168 valence electrons. The van der Waals surface area contributed by atoms with Gasteiger partial charge in [0.25, 0.3) is 5.91 Å². The number of benzene rings is 2. The minimum absolute atomic E-state index is 0.202. The third kappa shape index (κ3) is 6.34. The van der Waals surface area contributed by atoms with Crippen molar-refractivity contribution in [1.82, 2.24) is 10.6 Å². The van der Waals surface area contributed by atoms with E-state index >= 15 is 0 Å². The van der Waals surface area contributed by atoms with Crippen molar-refractivity contribution in [2.24, 2.45) is 5.92 Å². The molecular weight excluding hydrogens is 498 g/mol. The second-order valence-electron chi connectivity index (χ2n) is 7.84. The summed E-state index contributed by atoms with van der Waals surface area (Å²) < 4.78 is 12.0. The SMILES string of the molecule is CC(C)C[C@H](NC(=O)CNC(=O)c1cc(Br)ccc1Cl)B1OC(=O)[C@H](c2ccccc2)O1. The Balaban J connectivity index is 1.61. The van der Waals surface area contributed by atoms with Crippen LogP contribution in [0, 0.1) is 5.92 Å². The van der Waals surface area contributed by atoms with E-state index in [1.807, 2.05) is 32.0 Å². The number of carbonyl (C=O) groups excluding carboxylic acids is 3. The first-order chi connectivity index (χ1) is 15.2. The summed E-state index contributed by atoms with van der Waals surface area (Å²) in [5, 5.41) is 5.65. The van der Waals surface area contributed by atoms with Crippen molar-refractivity contribution in [3.8, 4) is 0 Å². The quantitative estimate of drug-likeness (QED) is 0.517. The van der Waals surface area contributed by atoms with Gasteiger partial charge in [0, 0.05) is 4.47 Å². The van der Waals surface area contributed by atoms with Gasteiger partial charge in [-0.3, -0.25) is 14.4 Å². The minimum Gasteiger partial charge on any atom is -0.506 e. The van der Waals surface area contributed by atoms with Crippen LogP contribution in [0.15, 0.2) is 53.0 Å². The number of halogens is 2. The molecule has 32 heavy (non-hydrogen) atoms. The van der Waals surface area contributed by atoms with Crippen LogP contribution in [0.2, 0.25) is 5.02 Å². The first-order valence-corrected chi connectivity index (χ1v) is 11.3.